The summed E-state index contributed by atoms with van der Waals surface area (Å²) in [6.07, 6.45) is 0.229. The molecule has 0 bridgehead atoms. The highest BCUT2D eigenvalue weighted by Crippen LogP contribution is 2.40. The molecule has 3 atom stereocenters. The van der Waals surface area contributed by atoms with Gasteiger partial charge in [0, 0.05) is 18.2 Å². The molecule has 3 heterocycles. The second-order valence-electron chi connectivity index (χ2n) is 10.1. The van der Waals surface area contributed by atoms with Gasteiger partial charge in [-0.05, 0) is 39.8 Å². The van der Waals surface area contributed by atoms with E-state index in [1.54, 1.807) is 31.2 Å². The summed E-state index contributed by atoms with van der Waals surface area (Å²) in [4.78, 5) is 59.1. The third-order valence-corrected chi connectivity index (χ3v) is 8.33. The van der Waals surface area contributed by atoms with E-state index >= 15 is 0 Å². The average molecular weight is 501 g/mol. The van der Waals surface area contributed by atoms with Gasteiger partial charge in [0.1, 0.15) is 26.4 Å². The molecule has 2 amide bonds. The molecule has 0 spiro atoms. The van der Waals surface area contributed by atoms with E-state index in [9.17, 15) is 19.2 Å². The molecule has 0 saturated carbocycles. The van der Waals surface area contributed by atoms with Crippen molar-refractivity contribution in [3.63, 3.8) is 0 Å². The fourth-order valence-corrected chi connectivity index (χ4v) is 5.95. The molecule has 1 radical (unpaired) electrons. The number of H-pyrrole nitrogens is 1. The van der Waals surface area contributed by atoms with Gasteiger partial charge in [0.2, 0.25) is 0 Å². The highest BCUT2D eigenvalue weighted by molar-refractivity contribution is 6.58. The number of amides is 2. The molecular weight excluding hydrogens is 470 g/mol. The van der Waals surface area contributed by atoms with Gasteiger partial charge in [-0.15, -0.1) is 5.06 Å². The fraction of sp³-hybridized carbons (Fsp3) is 0.500. The molecule has 187 valence electrons. The molecule has 1 fully saturated rings. The van der Waals surface area contributed by atoms with Crippen molar-refractivity contribution >= 4 is 20.6 Å². The molecule has 1 aromatic carbocycles. The van der Waals surface area contributed by atoms with Crippen molar-refractivity contribution in [2.24, 2.45) is 0 Å². The fourth-order valence-electron chi connectivity index (χ4n) is 4.31. The quantitative estimate of drug-likeness (QED) is 0.476. The highest BCUT2D eigenvalue weighted by Gasteiger charge is 2.54. The van der Waals surface area contributed by atoms with E-state index < -0.39 is 55.0 Å². The number of hydrogen-bond donors (Lipinski definition) is 1. The van der Waals surface area contributed by atoms with Crippen LogP contribution in [0, 0.1) is 6.92 Å². The number of carbonyl (C=O) groups excluding carboxylic acids is 2. The number of nitrogens with one attached hydrogen (secondary N) is 1. The van der Waals surface area contributed by atoms with Gasteiger partial charge in [0.05, 0.1) is 23.3 Å². The van der Waals surface area contributed by atoms with E-state index in [1.807, 2.05) is 33.9 Å². The van der Waals surface area contributed by atoms with Crippen LogP contribution in [-0.2, 0) is 19.7 Å². The molecule has 10 nitrogen and oxygen atoms in total. The van der Waals surface area contributed by atoms with Crippen molar-refractivity contribution in [3.8, 4) is 0 Å². The molecule has 0 aliphatic carbocycles. The first-order valence-corrected chi connectivity index (χ1v) is 13.9. The summed E-state index contributed by atoms with van der Waals surface area (Å²) in [5.41, 5.74) is -0.632. The number of fused-ring (bicyclic) bond motifs is 1. The Morgan fingerprint density at radius 1 is 1.11 bits per heavy atom. The van der Waals surface area contributed by atoms with Crippen LogP contribution >= 0.6 is 0 Å². The minimum atomic E-state index is -1.41. The SMILES string of the molecule is Cc1cn([C@@]2([Si](C)C)C[C@H](ON3C(=O)c4ccccc4C3=O)[C@@H](COC(C)(C)C)O2)c(=O)[nH]c1=O. The third-order valence-electron chi connectivity index (χ3n) is 6.21. The first-order valence-electron chi connectivity index (χ1n) is 11.4. The normalized spacial score (nSPS) is 24.5. The lowest BCUT2D eigenvalue weighted by Crippen LogP contribution is -2.52. The van der Waals surface area contributed by atoms with E-state index in [0.29, 0.717) is 5.56 Å². The first kappa shape index (κ1) is 25.2. The number of nitrogens with zero attached hydrogens (tertiary/aromatic N) is 2. The maximum atomic E-state index is 12.9. The topological polar surface area (TPSA) is 120 Å². The van der Waals surface area contributed by atoms with Crippen molar-refractivity contribution in [3.05, 3.63) is 68.0 Å². The molecule has 1 saturated heterocycles. The van der Waals surface area contributed by atoms with Crippen LogP contribution in [0.1, 0.15) is 53.5 Å². The zero-order chi connectivity index (χ0) is 25.7. The lowest BCUT2D eigenvalue weighted by atomic mass is 10.1. The van der Waals surface area contributed by atoms with Gasteiger partial charge >= 0.3 is 5.69 Å². The molecule has 2 aliphatic heterocycles. The summed E-state index contributed by atoms with van der Waals surface area (Å²) in [6, 6.07) is 6.53. The number of imide groups is 1. The van der Waals surface area contributed by atoms with E-state index in [0.717, 1.165) is 5.06 Å². The zero-order valence-corrected chi connectivity index (χ0v) is 21.7. The number of hydrogen-bond acceptors (Lipinski definition) is 7. The van der Waals surface area contributed by atoms with Crippen molar-refractivity contribution < 1.29 is 23.9 Å². The van der Waals surface area contributed by atoms with E-state index in [-0.39, 0.29) is 24.2 Å². The van der Waals surface area contributed by atoms with Crippen molar-refractivity contribution in [2.45, 2.75) is 70.4 Å². The van der Waals surface area contributed by atoms with Crippen LogP contribution in [0.25, 0.3) is 0 Å². The van der Waals surface area contributed by atoms with Crippen LogP contribution in [0.15, 0.2) is 40.1 Å². The summed E-state index contributed by atoms with van der Waals surface area (Å²) >= 11 is 0. The Morgan fingerprint density at radius 2 is 1.71 bits per heavy atom. The molecule has 35 heavy (non-hydrogen) atoms. The second kappa shape index (κ2) is 8.97. The van der Waals surface area contributed by atoms with Crippen molar-refractivity contribution in [1.29, 1.82) is 0 Å². The number of hydroxylamine groups is 2. The predicted octanol–water partition coefficient (Wildman–Crippen LogP) is 1.99. The van der Waals surface area contributed by atoms with Crippen LogP contribution in [0.2, 0.25) is 13.1 Å². The summed E-state index contributed by atoms with van der Waals surface area (Å²) in [5, 5.41) is -0.330. The Kier molecular flexibility index (Phi) is 6.47. The van der Waals surface area contributed by atoms with Crippen LogP contribution in [0.5, 0.6) is 0 Å². The number of aryl methyl sites for hydroxylation is 1. The smallest absolute Gasteiger partial charge is 0.330 e. The predicted molar refractivity (Wildman–Crippen MR) is 129 cm³/mol. The van der Waals surface area contributed by atoms with Gasteiger partial charge in [-0.25, -0.2) is 4.79 Å². The molecule has 1 N–H and O–H groups in total. The van der Waals surface area contributed by atoms with E-state index in [2.05, 4.69) is 4.98 Å². The second-order valence-corrected chi connectivity index (χ2v) is 12.9. The third kappa shape index (κ3) is 4.56. The average Bonchev–Trinajstić information content (AvgIpc) is 3.27. The van der Waals surface area contributed by atoms with E-state index in [1.165, 1.54) is 10.8 Å². The maximum Gasteiger partial charge on any atom is 0.330 e. The molecular formula is C24H30N3O7Si. The summed E-state index contributed by atoms with van der Waals surface area (Å²) < 4.78 is 13.9. The van der Waals surface area contributed by atoms with Gasteiger partial charge in [0.15, 0.2) is 0 Å². The molecule has 1 aromatic heterocycles. The standard InChI is InChI=1S/C24H30N3O7Si/c1-14-12-26(22(31)25-19(14)28)24(35(5)6)11-17(18(33-24)13-32-23(2,3)4)34-27-20(29)15-9-7-8-10-16(15)21(27)30/h7-10,12,17-18H,11,13H2,1-6H3,(H,25,28,31)/t17-,18+,24-/m0/s1. The van der Waals surface area contributed by atoms with Crippen molar-refractivity contribution in [1.82, 2.24) is 14.6 Å². The Balaban J connectivity index is 1.72. The molecule has 11 heteroatoms. The minimum absolute atomic E-state index is 0.116. The monoisotopic (exact) mass is 500 g/mol. The summed E-state index contributed by atoms with van der Waals surface area (Å²) in [7, 11) is -1.41. The number of aromatic nitrogens is 2. The maximum absolute atomic E-state index is 12.9. The Hall–Kier alpha value is -2.86. The lowest BCUT2D eigenvalue weighted by Gasteiger charge is -2.34. The Bertz CT molecular complexity index is 1240. The van der Waals surface area contributed by atoms with Gasteiger partial charge in [-0.3, -0.25) is 28.8 Å². The largest absolute Gasteiger partial charge is 0.373 e. The van der Waals surface area contributed by atoms with Gasteiger partial charge in [0.25, 0.3) is 17.4 Å². The molecule has 2 aromatic rings. The van der Waals surface area contributed by atoms with Crippen LogP contribution < -0.4 is 11.2 Å². The van der Waals surface area contributed by atoms with Gasteiger partial charge in [-0.1, -0.05) is 25.2 Å². The zero-order valence-electron chi connectivity index (χ0n) is 20.7. The van der Waals surface area contributed by atoms with Crippen LogP contribution in [0.4, 0.5) is 0 Å². The Morgan fingerprint density at radius 3 is 2.26 bits per heavy atom. The number of ether oxygens (including phenoxy) is 2. The Labute approximate surface area is 204 Å². The van der Waals surface area contributed by atoms with Gasteiger partial charge < -0.3 is 9.47 Å². The summed E-state index contributed by atoms with van der Waals surface area (Å²) in [5.74, 6) is -1.09. The number of carbonyl (C=O) groups is 2. The van der Waals surface area contributed by atoms with Crippen molar-refractivity contribution in [2.75, 3.05) is 6.61 Å². The minimum Gasteiger partial charge on any atom is -0.373 e. The van der Waals surface area contributed by atoms with E-state index in [4.69, 9.17) is 14.3 Å². The molecule has 0 unspecified atom stereocenters. The van der Waals surface area contributed by atoms with Gasteiger partial charge in [-0.2, -0.15) is 0 Å². The molecule has 4 rings (SSSR count). The van der Waals surface area contributed by atoms with Crippen LogP contribution in [-0.4, -0.2) is 59.6 Å². The molecule has 2 aliphatic rings. The highest BCUT2D eigenvalue weighted by atomic mass is 28.3. The summed E-state index contributed by atoms with van der Waals surface area (Å²) in [6.45, 7) is 11.4. The first-order chi connectivity index (χ1) is 16.3. The van der Waals surface area contributed by atoms with Crippen LogP contribution in [0.3, 0.4) is 0 Å². The number of rotatable bonds is 6. The number of aromatic amines is 1. The lowest BCUT2D eigenvalue weighted by molar-refractivity contribution is -0.169. The number of benzene rings is 1.